The Kier molecular flexibility index (Phi) is 5.92. The molecule has 0 heterocycles. The molecule has 2 aromatic rings. The smallest absolute Gasteiger partial charge is 0.180 e. The molecule has 1 N–H and O–H groups in total. The van der Waals surface area contributed by atoms with Crippen molar-refractivity contribution in [1.82, 2.24) is 5.32 Å². The normalized spacial score (nSPS) is 28.7. The Morgan fingerprint density at radius 3 is 2.32 bits per heavy atom. The number of nitrogens with one attached hydrogen (secondary N) is 1. The van der Waals surface area contributed by atoms with Crippen LogP contribution in [0.25, 0.3) is 0 Å². The zero-order valence-corrected chi connectivity index (χ0v) is 19.5. The summed E-state index contributed by atoms with van der Waals surface area (Å²) in [5.41, 5.74) is 3.89. The molecule has 31 heavy (non-hydrogen) atoms. The summed E-state index contributed by atoms with van der Waals surface area (Å²) < 4.78 is 12.1. The van der Waals surface area contributed by atoms with E-state index >= 15 is 0 Å². The van der Waals surface area contributed by atoms with Crippen molar-refractivity contribution in [3.05, 3.63) is 58.1 Å². The van der Waals surface area contributed by atoms with Gasteiger partial charge in [-0.15, -0.1) is 0 Å². The van der Waals surface area contributed by atoms with Crippen molar-refractivity contribution in [3.63, 3.8) is 0 Å². The molecule has 3 nitrogen and oxygen atoms in total. The molecule has 4 saturated carbocycles. The highest BCUT2D eigenvalue weighted by Crippen LogP contribution is 2.55. The molecular weight excluding hydrogens is 406 g/mol. The van der Waals surface area contributed by atoms with E-state index in [-0.39, 0.29) is 0 Å². The third kappa shape index (κ3) is 4.45. The minimum atomic E-state index is 0.340. The molecule has 166 valence electrons. The molecule has 4 fully saturated rings. The van der Waals surface area contributed by atoms with Gasteiger partial charge >= 0.3 is 0 Å². The molecular formula is C27H34ClNO2. The van der Waals surface area contributed by atoms with Crippen molar-refractivity contribution in [2.45, 2.75) is 71.1 Å². The highest BCUT2D eigenvalue weighted by Gasteiger charge is 2.50. The average molecular weight is 440 g/mol. The van der Waals surface area contributed by atoms with E-state index in [4.69, 9.17) is 21.1 Å². The number of hydrogen-bond donors (Lipinski definition) is 1. The van der Waals surface area contributed by atoms with Gasteiger partial charge in [-0.25, -0.2) is 0 Å². The van der Waals surface area contributed by atoms with E-state index in [0.29, 0.717) is 29.5 Å². The van der Waals surface area contributed by atoms with Crippen molar-refractivity contribution in [2.24, 2.45) is 17.8 Å². The van der Waals surface area contributed by atoms with Gasteiger partial charge in [0.15, 0.2) is 11.5 Å². The van der Waals surface area contributed by atoms with E-state index in [1.165, 1.54) is 49.7 Å². The van der Waals surface area contributed by atoms with E-state index in [9.17, 15) is 0 Å². The van der Waals surface area contributed by atoms with Crippen LogP contribution in [0.5, 0.6) is 11.5 Å². The van der Waals surface area contributed by atoms with Crippen LogP contribution in [-0.4, -0.2) is 12.1 Å². The predicted molar refractivity (Wildman–Crippen MR) is 126 cm³/mol. The number of ether oxygens (including phenoxy) is 2. The molecule has 0 saturated heterocycles. The molecule has 4 aliphatic rings. The van der Waals surface area contributed by atoms with E-state index in [0.717, 1.165) is 35.6 Å². The summed E-state index contributed by atoms with van der Waals surface area (Å²) in [6, 6.07) is 12.4. The number of benzene rings is 2. The van der Waals surface area contributed by atoms with Gasteiger partial charge < -0.3 is 14.8 Å². The highest BCUT2D eigenvalue weighted by molar-refractivity contribution is 6.32. The van der Waals surface area contributed by atoms with Gasteiger partial charge in [-0.2, -0.15) is 0 Å². The molecule has 0 radical (unpaired) electrons. The molecule has 4 aliphatic carbocycles. The molecule has 2 aromatic carbocycles. The molecule has 0 spiro atoms. The van der Waals surface area contributed by atoms with Crippen LogP contribution < -0.4 is 14.8 Å². The monoisotopic (exact) mass is 439 g/mol. The molecule has 4 heteroatoms. The summed E-state index contributed by atoms with van der Waals surface area (Å²) in [6.45, 7) is 6.01. The molecule has 0 amide bonds. The van der Waals surface area contributed by atoms with Crippen LogP contribution in [0.2, 0.25) is 5.02 Å². The van der Waals surface area contributed by atoms with Crippen LogP contribution in [0.4, 0.5) is 0 Å². The number of aryl methyl sites for hydroxylation is 1. The predicted octanol–water partition coefficient (Wildman–Crippen LogP) is 6.68. The molecule has 4 bridgehead atoms. The fourth-order valence-electron chi connectivity index (χ4n) is 6.67. The van der Waals surface area contributed by atoms with Gasteiger partial charge in [-0.05, 0) is 98.9 Å². The molecule has 0 aromatic heterocycles. The first-order valence-corrected chi connectivity index (χ1v) is 12.3. The Morgan fingerprint density at radius 1 is 1.00 bits per heavy atom. The Balaban J connectivity index is 1.30. The summed E-state index contributed by atoms with van der Waals surface area (Å²) in [5, 5.41) is 4.60. The standard InChI is InChI=1S/C27H34ClNO2/c1-3-30-25-12-22(11-24(28)26(25)31-17-23-7-5-4-6-18(23)2)16-29-27-13-19-8-20(14-27)10-21(9-19)15-27/h4-7,11-12,19-21,29H,3,8-10,13-17H2,1-2H3. The van der Waals surface area contributed by atoms with E-state index in [1.807, 2.05) is 25.1 Å². The topological polar surface area (TPSA) is 30.5 Å². The lowest BCUT2D eigenvalue weighted by molar-refractivity contribution is -0.0206. The number of halogens is 1. The van der Waals surface area contributed by atoms with Crippen molar-refractivity contribution >= 4 is 11.6 Å². The Labute approximate surface area is 191 Å². The van der Waals surface area contributed by atoms with Crippen LogP contribution in [0.3, 0.4) is 0 Å². The summed E-state index contributed by atoms with van der Waals surface area (Å²) in [6.07, 6.45) is 8.45. The van der Waals surface area contributed by atoms with Crippen molar-refractivity contribution in [3.8, 4) is 11.5 Å². The first-order chi connectivity index (χ1) is 15.0. The Bertz CT molecular complexity index is 906. The third-order valence-corrected chi connectivity index (χ3v) is 7.99. The Hall–Kier alpha value is -1.71. The second-order valence-corrected chi connectivity index (χ2v) is 10.5. The fraction of sp³-hybridized carbons (Fsp3) is 0.556. The fourth-order valence-corrected chi connectivity index (χ4v) is 6.95. The maximum atomic E-state index is 6.70. The van der Waals surface area contributed by atoms with Crippen molar-refractivity contribution < 1.29 is 9.47 Å². The first kappa shape index (κ1) is 21.2. The third-order valence-electron chi connectivity index (χ3n) is 7.71. The lowest BCUT2D eigenvalue weighted by Gasteiger charge is -2.57. The summed E-state index contributed by atoms with van der Waals surface area (Å²) in [4.78, 5) is 0. The largest absolute Gasteiger partial charge is 0.490 e. The lowest BCUT2D eigenvalue weighted by Crippen LogP contribution is -2.58. The summed E-state index contributed by atoms with van der Waals surface area (Å²) in [5.74, 6) is 4.21. The van der Waals surface area contributed by atoms with Crippen molar-refractivity contribution in [2.75, 3.05) is 6.61 Å². The van der Waals surface area contributed by atoms with Gasteiger partial charge in [-0.1, -0.05) is 35.9 Å². The van der Waals surface area contributed by atoms with Crippen LogP contribution in [0.1, 0.15) is 62.1 Å². The van der Waals surface area contributed by atoms with E-state index < -0.39 is 0 Å². The number of hydrogen-bond acceptors (Lipinski definition) is 3. The molecule has 0 atom stereocenters. The minimum Gasteiger partial charge on any atom is -0.490 e. The second kappa shape index (κ2) is 8.67. The summed E-state index contributed by atoms with van der Waals surface area (Å²) in [7, 11) is 0. The average Bonchev–Trinajstić information content (AvgIpc) is 2.72. The molecule has 0 unspecified atom stereocenters. The van der Waals surface area contributed by atoms with Crippen LogP contribution in [0.15, 0.2) is 36.4 Å². The van der Waals surface area contributed by atoms with Gasteiger partial charge in [0.25, 0.3) is 0 Å². The second-order valence-electron chi connectivity index (χ2n) is 10.1. The zero-order chi connectivity index (χ0) is 21.4. The van der Waals surface area contributed by atoms with Crippen LogP contribution in [-0.2, 0) is 13.2 Å². The maximum absolute atomic E-state index is 6.70. The van der Waals surface area contributed by atoms with E-state index in [1.54, 1.807) is 0 Å². The summed E-state index contributed by atoms with van der Waals surface area (Å²) >= 11 is 6.70. The SMILES string of the molecule is CCOc1cc(CNC23CC4CC(CC(C4)C2)C3)cc(Cl)c1OCc1ccccc1C. The zero-order valence-electron chi connectivity index (χ0n) is 18.8. The Morgan fingerprint density at radius 2 is 1.68 bits per heavy atom. The molecule has 0 aliphatic heterocycles. The van der Waals surface area contributed by atoms with Crippen LogP contribution >= 0.6 is 11.6 Å². The van der Waals surface area contributed by atoms with Gasteiger partial charge in [0.2, 0.25) is 0 Å². The van der Waals surface area contributed by atoms with Crippen LogP contribution in [0, 0.1) is 24.7 Å². The highest BCUT2D eigenvalue weighted by atomic mass is 35.5. The lowest BCUT2D eigenvalue weighted by atomic mass is 9.53. The first-order valence-electron chi connectivity index (χ1n) is 11.9. The molecule has 6 rings (SSSR count). The van der Waals surface area contributed by atoms with Gasteiger partial charge in [0, 0.05) is 12.1 Å². The van der Waals surface area contributed by atoms with Crippen molar-refractivity contribution in [1.29, 1.82) is 0 Å². The number of rotatable bonds is 8. The van der Waals surface area contributed by atoms with Gasteiger partial charge in [0.1, 0.15) is 6.61 Å². The van der Waals surface area contributed by atoms with E-state index in [2.05, 4.69) is 30.4 Å². The van der Waals surface area contributed by atoms with Gasteiger partial charge in [-0.3, -0.25) is 0 Å². The maximum Gasteiger partial charge on any atom is 0.180 e. The minimum absolute atomic E-state index is 0.340. The van der Waals surface area contributed by atoms with Gasteiger partial charge in [0.05, 0.1) is 11.6 Å². The quantitative estimate of drug-likeness (QED) is 0.497.